The summed E-state index contributed by atoms with van der Waals surface area (Å²) in [7, 11) is 0. The van der Waals surface area contributed by atoms with Crippen LogP contribution in [0, 0.1) is 6.92 Å². The summed E-state index contributed by atoms with van der Waals surface area (Å²) in [6.07, 6.45) is 3.12. The van der Waals surface area contributed by atoms with Crippen LogP contribution in [0.2, 0.25) is 0 Å². The molecule has 2 aromatic carbocycles. The SMILES string of the molecule is Cc1ccccc1C(=O)N1CCC2(CC1)C(=O)N(CC(=O)NC1CC1)CN2c1ccccc1. The van der Waals surface area contributed by atoms with E-state index >= 15 is 0 Å². The molecule has 172 valence electrons. The van der Waals surface area contributed by atoms with Crippen LogP contribution >= 0.6 is 0 Å². The number of amides is 3. The molecule has 5 rings (SSSR count). The molecule has 3 amide bonds. The van der Waals surface area contributed by atoms with E-state index in [9.17, 15) is 14.4 Å². The van der Waals surface area contributed by atoms with Crippen LogP contribution in [-0.2, 0) is 9.59 Å². The lowest BCUT2D eigenvalue weighted by molar-refractivity contribution is -0.137. The van der Waals surface area contributed by atoms with Crippen molar-refractivity contribution in [2.24, 2.45) is 0 Å². The van der Waals surface area contributed by atoms with Crippen molar-refractivity contribution < 1.29 is 14.4 Å². The van der Waals surface area contributed by atoms with Gasteiger partial charge in [-0.3, -0.25) is 14.4 Å². The summed E-state index contributed by atoms with van der Waals surface area (Å²) in [5.41, 5.74) is 1.90. The van der Waals surface area contributed by atoms with E-state index in [-0.39, 0.29) is 30.3 Å². The molecule has 0 aromatic heterocycles. The number of likely N-dealkylation sites (tertiary alicyclic amines) is 1. The summed E-state index contributed by atoms with van der Waals surface area (Å²) in [6.45, 7) is 3.41. The van der Waals surface area contributed by atoms with Gasteiger partial charge in [0.15, 0.2) is 0 Å². The quantitative estimate of drug-likeness (QED) is 0.766. The zero-order valence-electron chi connectivity index (χ0n) is 19.0. The molecular weight excluding hydrogens is 416 g/mol. The van der Waals surface area contributed by atoms with Gasteiger partial charge in [0.25, 0.3) is 11.8 Å². The number of hydrogen-bond acceptors (Lipinski definition) is 4. The predicted octanol–water partition coefficient (Wildman–Crippen LogP) is 2.55. The molecule has 2 aliphatic heterocycles. The van der Waals surface area contributed by atoms with Gasteiger partial charge in [-0.05, 0) is 56.4 Å². The fourth-order valence-corrected chi connectivity index (χ4v) is 5.06. The maximum absolute atomic E-state index is 13.7. The van der Waals surface area contributed by atoms with E-state index < -0.39 is 5.54 Å². The third-order valence-corrected chi connectivity index (χ3v) is 7.11. The standard InChI is InChI=1S/C26H30N4O3/c1-19-7-5-6-10-22(19)24(32)28-15-13-26(14-16-28)25(33)29(17-23(31)27-20-11-12-20)18-30(26)21-8-3-2-4-9-21/h2-10,20H,11-18H2,1H3,(H,27,31). The minimum Gasteiger partial charge on any atom is -0.352 e. The highest BCUT2D eigenvalue weighted by molar-refractivity contribution is 5.98. The van der Waals surface area contributed by atoms with Gasteiger partial charge in [0.1, 0.15) is 12.1 Å². The Labute approximate surface area is 194 Å². The lowest BCUT2D eigenvalue weighted by Crippen LogP contribution is -2.57. The van der Waals surface area contributed by atoms with E-state index in [0.717, 1.165) is 24.1 Å². The van der Waals surface area contributed by atoms with Crippen molar-refractivity contribution in [2.45, 2.75) is 44.2 Å². The summed E-state index contributed by atoms with van der Waals surface area (Å²) in [4.78, 5) is 45.0. The summed E-state index contributed by atoms with van der Waals surface area (Å²) in [6, 6.07) is 17.8. The number of piperidine rings is 1. The van der Waals surface area contributed by atoms with E-state index in [1.54, 1.807) is 4.90 Å². The molecule has 7 heteroatoms. The predicted molar refractivity (Wildman–Crippen MR) is 126 cm³/mol. The molecule has 33 heavy (non-hydrogen) atoms. The lowest BCUT2D eigenvalue weighted by atomic mass is 9.85. The molecule has 1 aliphatic carbocycles. The Morgan fingerprint density at radius 2 is 1.67 bits per heavy atom. The number of nitrogens with zero attached hydrogens (tertiary/aromatic N) is 3. The number of anilines is 1. The normalized spacial score (nSPS) is 19.8. The van der Waals surface area contributed by atoms with Crippen molar-refractivity contribution in [3.63, 3.8) is 0 Å². The first-order valence-electron chi connectivity index (χ1n) is 11.7. The average molecular weight is 447 g/mol. The van der Waals surface area contributed by atoms with Crippen LogP contribution in [0.4, 0.5) is 5.69 Å². The van der Waals surface area contributed by atoms with Crippen LogP contribution in [0.25, 0.3) is 0 Å². The second kappa shape index (κ2) is 8.54. The van der Waals surface area contributed by atoms with Gasteiger partial charge in [-0.25, -0.2) is 0 Å². The molecule has 0 unspecified atom stereocenters. The zero-order chi connectivity index (χ0) is 23.0. The number of rotatable bonds is 5. The molecule has 0 bridgehead atoms. The van der Waals surface area contributed by atoms with Gasteiger partial charge in [0, 0.05) is 30.4 Å². The summed E-state index contributed by atoms with van der Waals surface area (Å²) in [5.74, 6) is -0.0938. The van der Waals surface area contributed by atoms with E-state index in [1.165, 1.54) is 0 Å². The van der Waals surface area contributed by atoms with Gasteiger partial charge < -0.3 is 20.0 Å². The summed E-state index contributed by atoms with van der Waals surface area (Å²) < 4.78 is 0. The monoisotopic (exact) mass is 446 g/mol. The zero-order valence-corrected chi connectivity index (χ0v) is 19.0. The number of carbonyl (C=O) groups excluding carboxylic acids is 3. The highest BCUT2D eigenvalue weighted by atomic mass is 16.2. The number of carbonyl (C=O) groups is 3. The number of nitrogens with one attached hydrogen (secondary N) is 1. The van der Waals surface area contributed by atoms with Crippen molar-refractivity contribution >= 4 is 23.4 Å². The number of benzene rings is 2. The average Bonchev–Trinajstić information content (AvgIpc) is 3.61. The van der Waals surface area contributed by atoms with Crippen LogP contribution < -0.4 is 10.2 Å². The van der Waals surface area contributed by atoms with Crippen molar-refractivity contribution in [2.75, 3.05) is 31.2 Å². The molecule has 0 radical (unpaired) electrons. The van der Waals surface area contributed by atoms with Crippen molar-refractivity contribution in [3.8, 4) is 0 Å². The Bertz CT molecular complexity index is 1060. The van der Waals surface area contributed by atoms with Crippen molar-refractivity contribution in [1.82, 2.24) is 15.1 Å². The molecule has 0 atom stereocenters. The van der Waals surface area contributed by atoms with E-state index in [2.05, 4.69) is 10.2 Å². The molecular formula is C26H30N4O3. The first kappa shape index (κ1) is 21.5. The van der Waals surface area contributed by atoms with Crippen LogP contribution in [0.5, 0.6) is 0 Å². The van der Waals surface area contributed by atoms with E-state index in [0.29, 0.717) is 38.2 Å². The Balaban J connectivity index is 1.36. The number of aryl methyl sites for hydroxylation is 1. The Hall–Kier alpha value is -3.35. The molecule has 3 fully saturated rings. The largest absolute Gasteiger partial charge is 0.352 e. The lowest BCUT2D eigenvalue weighted by Gasteiger charge is -2.43. The fourth-order valence-electron chi connectivity index (χ4n) is 5.06. The van der Waals surface area contributed by atoms with Gasteiger partial charge in [0.05, 0.1) is 6.67 Å². The fraction of sp³-hybridized carbons (Fsp3) is 0.423. The molecule has 2 heterocycles. The smallest absolute Gasteiger partial charge is 0.254 e. The topological polar surface area (TPSA) is 73.0 Å². The first-order valence-corrected chi connectivity index (χ1v) is 11.7. The third kappa shape index (κ3) is 4.08. The van der Waals surface area contributed by atoms with Crippen LogP contribution in [0.3, 0.4) is 0 Å². The molecule has 7 nitrogen and oxygen atoms in total. The molecule has 1 N–H and O–H groups in total. The molecule has 2 aromatic rings. The number of para-hydroxylation sites is 1. The van der Waals surface area contributed by atoms with Gasteiger partial charge >= 0.3 is 0 Å². The van der Waals surface area contributed by atoms with E-state index in [4.69, 9.17) is 0 Å². The maximum Gasteiger partial charge on any atom is 0.254 e. The maximum atomic E-state index is 13.7. The Kier molecular flexibility index (Phi) is 5.56. The third-order valence-electron chi connectivity index (χ3n) is 7.11. The van der Waals surface area contributed by atoms with Gasteiger partial charge in [-0.15, -0.1) is 0 Å². The first-order chi connectivity index (χ1) is 16.0. The Morgan fingerprint density at radius 1 is 1.00 bits per heavy atom. The van der Waals surface area contributed by atoms with Gasteiger partial charge in [0.2, 0.25) is 5.91 Å². The second-order valence-electron chi connectivity index (χ2n) is 9.39. The minimum absolute atomic E-state index is 0.0136. The Morgan fingerprint density at radius 3 is 2.33 bits per heavy atom. The van der Waals surface area contributed by atoms with Crippen molar-refractivity contribution in [3.05, 3.63) is 65.7 Å². The summed E-state index contributed by atoms with van der Waals surface area (Å²) in [5, 5.41) is 2.99. The van der Waals surface area contributed by atoms with Crippen molar-refractivity contribution in [1.29, 1.82) is 0 Å². The number of hydrogen-bond donors (Lipinski definition) is 1. The molecule has 1 saturated carbocycles. The minimum atomic E-state index is -0.732. The van der Waals surface area contributed by atoms with Crippen LogP contribution in [-0.4, -0.2) is 65.4 Å². The highest BCUT2D eigenvalue weighted by Gasteiger charge is 2.54. The molecule has 1 spiro atoms. The highest BCUT2D eigenvalue weighted by Crippen LogP contribution is 2.39. The van der Waals surface area contributed by atoms with Crippen LogP contribution in [0.15, 0.2) is 54.6 Å². The second-order valence-corrected chi connectivity index (χ2v) is 9.39. The molecule has 2 saturated heterocycles. The van der Waals surface area contributed by atoms with Crippen LogP contribution in [0.1, 0.15) is 41.6 Å². The van der Waals surface area contributed by atoms with E-state index in [1.807, 2.05) is 66.4 Å². The molecule has 3 aliphatic rings. The summed E-state index contributed by atoms with van der Waals surface area (Å²) >= 11 is 0. The van der Waals surface area contributed by atoms with Gasteiger partial charge in [-0.1, -0.05) is 36.4 Å². The van der Waals surface area contributed by atoms with Gasteiger partial charge in [-0.2, -0.15) is 0 Å².